The number of ether oxygens (including phenoxy) is 1. The minimum atomic E-state index is -1.71. The van der Waals surface area contributed by atoms with Crippen LogP contribution < -0.4 is 0 Å². The fourth-order valence-corrected chi connectivity index (χ4v) is 6.78. The second-order valence-corrected chi connectivity index (χ2v) is 9.86. The molecule has 0 aromatic heterocycles. The Hall–Kier alpha value is -0.980. The Kier molecular flexibility index (Phi) is 5.02. The van der Waals surface area contributed by atoms with Crippen LogP contribution in [0.2, 0.25) is 0 Å². The lowest BCUT2D eigenvalue weighted by atomic mass is 9.45. The Balaban J connectivity index is 2.05. The first-order valence-electron chi connectivity index (χ1n) is 10.1. The van der Waals surface area contributed by atoms with Gasteiger partial charge >= 0.3 is 5.97 Å². The number of methoxy groups -OCH3 is 1. The van der Waals surface area contributed by atoms with Crippen molar-refractivity contribution in [3.8, 4) is 0 Å². The molecule has 0 spiro atoms. The lowest BCUT2D eigenvalue weighted by Gasteiger charge is -2.61. The predicted octanol–water partition coefficient (Wildman–Crippen LogP) is 1.69. The van der Waals surface area contributed by atoms with Gasteiger partial charge in [-0.3, -0.25) is 9.59 Å². The van der Waals surface area contributed by atoms with E-state index in [0.29, 0.717) is 12.8 Å². The van der Waals surface area contributed by atoms with E-state index < -0.39 is 40.5 Å². The zero-order valence-corrected chi connectivity index (χ0v) is 17.1. The van der Waals surface area contributed by atoms with E-state index >= 15 is 0 Å². The van der Waals surface area contributed by atoms with Crippen LogP contribution in [0.25, 0.3) is 0 Å². The van der Waals surface area contributed by atoms with Crippen molar-refractivity contribution in [1.29, 1.82) is 0 Å². The first-order chi connectivity index (χ1) is 12.4. The molecule has 8 atom stereocenters. The van der Waals surface area contributed by atoms with E-state index in [1.54, 1.807) is 13.8 Å². The van der Waals surface area contributed by atoms with Crippen LogP contribution in [-0.4, -0.2) is 52.0 Å². The Labute approximate surface area is 161 Å². The second kappa shape index (κ2) is 6.53. The van der Waals surface area contributed by atoms with Crippen LogP contribution in [0.5, 0.6) is 0 Å². The van der Waals surface area contributed by atoms with E-state index in [1.807, 2.05) is 6.92 Å². The van der Waals surface area contributed by atoms with Gasteiger partial charge in [0.1, 0.15) is 11.4 Å². The van der Waals surface area contributed by atoms with Crippen molar-refractivity contribution < 1.29 is 29.6 Å². The molecule has 3 aliphatic carbocycles. The van der Waals surface area contributed by atoms with Crippen molar-refractivity contribution in [3.05, 3.63) is 0 Å². The van der Waals surface area contributed by atoms with Crippen LogP contribution in [0.15, 0.2) is 0 Å². The molecule has 0 aromatic carbocycles. The smallest absolute Gasteiger partial charge is 0.311 e. The largest absolute Gasteiger partial charge is 0.469 e. The second-order valence-electron chi connectivity index (χ2n) is 9.86. The zero-order chi connectivity index (χ0) is 20.4. The van der Waals surface area contributed by atoms with Gasteiger partial charge in [-0.2, -0.15) is 0 Å². The molecular formula is C21H34O6. The number of aliphatic hydroxyl groups excluding tert-OH is 2. The molecular weight excluding hydrogens is 348 g/mol. The van der Waals surface area contributed by atoms with Crippen LogP contribution in [0.1, 0.15) is 59.8 Å². The average Bonchev–Trinajstić information content (AvgIpc) is 2.90. The van der Waals surface area contributed by atoms with Gasteiger partial charge in [-0.1, -0.05) is 27.2 Å². The van der Waals surface area contributed by atoms with Gasteiger partial charge in [0, 0.05) is 11.8 Å². The fraction of sp³-hybridized carbons (Fsp3) is 0.905. The van der Waals surface area contributed by atoms with Gasteiger partial charge in [0.15, 0.2) is 0 Å². The molecule has 0 aromatic rings. The molecule has 6 heteroatoms. The molecule has 3 rings (SSSR count). The third-order valence-electron chi connectivity index (χ3n) is 8.25. The van der Waals surface area contributed by atoms with E-state index in [2.05, 4.69) is 6.92 Å². The Morgan fingerprint density at radius 2 is 1.70 bits per heavy atom. The fourth-order valence-electron chi connectivity index (χ4n) is 6.78. The molecule has 0 aliphatic heterocycles. The van der Waals surface area contributed by atoms with Crippen molar-refractivity contribution in [2.45, 2.75) is 77.6 Å². The Morgan fingerprint density at radius 1 is 1.07 bits per heavy atom. The number of hydrogen-bond acceptors (Lipinski definition) is 6. The lowest BCUT2D eigenvalue weighted by Crippen LogP contribution is -2.67. The number of esters is 1. The maximum atomic E-state index is 12.7. The molecule has 0 saturated heterocycles. The first kappa shape index (κ1) is 20.7. The van der Waals surface area contributed by atoms with Crippen molar-refractivity contribution in [2.24, 2.45) is 34.5 Å². The highest BCUT2D eigenvalue weighted by Gasteiger charge is 2.71. The number of carbonyl (C=O) groups is 2. The number of fused-ring (bicyclic) bond motifs is 3. The van der Waals surface area contributed by atoms with E-state index in [4.69, 9.17) is 4.74 Å². The molecule has 3 aliphatic rings. The van der Waals surface area contributed by atoms with E-state index in [-0.39, 0.29) is 30.0 Å². The molecule has 27 heavy (non-hydrogen) atoms. The highest BCUT2D eigenvalue weighted by Crippen LogP contribution is 2.66. The van der Waals surface area contributed by atoms with Crippen molar-refractivity contribution >= 4 is 11.8 Å². The predicted molar refractivity (Wildman–Crippen MR) is 98.6 cm³/mol. The van der Waals surface area contributed by atoms with Crippen molar-refractivity contribution in [1.82, 2.24) is 0 Å². The molecule has 3 fully saturated rings. The number of hydrogen-bond donors (Lipinski definition) is 3. The molecule has 6 nitrogen and oxygen atoms in total. The normalized spacial score (nSPS) is 49.4. The standard InChI is InChI=1S/C21H34O6/c1-11(2)16(23)12-9-14-19(3)7-6-8-20(4,18(25)27-5)13(19)10-15(22)21(14,26)17(12)24/h11-15,17,22,24,26H,6-10H2,1-5H3/t12?,13-,14-,15+,17+,19+,20-,21+/m1/s1. The summed E-state index contributed by atoms with van der Waals surface area (Å²) in [6, 6.07) is 0. The van der Waals surface area contributed by atoms with E-state index in [0.717, 1.165) is 12.8 Å². The maximum Gasteiger partial charge on any atom is 0.311 e. The highest BCUT2D eigenvalue weighted by atomic mass is 16.5. The number of carbonyl (C=O) groups excluding carboxylic acids is 2. The van der Waals surface area contributed by atoms with Gasteiger partial charge in [0.2, 0.25) is 0 Å². The summed E-state index contributed by atoms with van der Waals surface area (Å²) in [5.41, 5.74) is -2.91. The molecule has 1 unspecified atom stereocenters. The molecule has 154 valence electrons. The maximum absolute atomic E-state index is 12.7. The zero-order valence-electron chi connectivity index (χ0n) is 17.1. The van der Waals surface area contributed by atoms with Crippen LogP contribution in [0.4, 0.5) is 0 Å². The quantitative estimate of drug-likeness (QED) is 0.642. The molecule has 0 radical (unpaired) electrons. The topological polar surface area (TPSA) is 104 Å². The molecule has 3 saturated carbocycles. The number of Topliss-reactive ketones (excluding diaryl/α,β-unsaturated/α-hetero) is 1. The summed E-state index contributed by atoms with van der Waals surface area (Å²) >= 11 is 0. The number of rotatable bonds is 3. The van der Waals surface area contributed by atoms with Gasteiger partial charge in [-0.25, -0.2) is 0 Å². The monoisotopic (exact) mass is 382 g/mol. The van der Waals surface area contributed by atoms with Gasteiger partial charge in [-0.15, -0.1) is 0 Å². The summed E-state index contributed by atoms with van der Waals surface area (Å²) in [7, 11) is 1.38. The minimum absolute atomic E-state index is 0.0794. The third-order valence-corrected chi connectivity index (χ3v) is 8.25. The molecule has 3 N–H and O–H groups in total. The molecule has 0 bridgehead atoms. The first-order valence-corrected chi connectivity index (χ1v) is 10.1. The SMILES string of the molecule is COC(=O)[C@]1(C)CCC[C@]2(C)[C@H]3CC(C(=O)C(C)C)[C@H](O)[C@@]3(O)[C@@H](O)C[C@H]21. The third kappa shape index (κ3) is 2.63. The molecule has 0 amide bonds. The van der Waals surface area contributed by atoms with Crippen molar-refractivity contribution in [3.63, 3.8) is 0 Å². The van der Waals surface area contributed by atoms with Crippen molar-refractivity contribution in [2.75, 3.05) is 7.11 Å². The van der Waals surface area contributed by atoms with Crippen LogP contribution in [0, 0.1) is 34.5 Å². The number of ketones is 1. The van der Waals surface area contributed by atoms with Gasteiger partial charge in [0.25, 0.3) is 0 Å². The summed E-state index contributed by atoms with van der Waals surface area (Å²) in [5.74, 6) is -1.91. The highest BCUT2D eigenvalue weighted by molar-refractivity contribution is 5.84. The van der Waals surface area contributed by atoms with Gasteiger partial charge < -0.3 is 20.1 Å². The summed E-state index contributed by atoms with van der Waals surface area (Å²) in [6.45, 7) is 7.52. The average molecular weight is 382 g/mol. The Bertz CT molecular complexity index is 632. The van der Waals surface area contributed by atoms with Crippen LogP contribution >= 0.6 is 0 Å². The van der Waals surface area contributed by atoms with Gasteiger partial charge in [0.05, 0.1) is 24.7 Å². The van der Waals surface area contributed by atoms with Crippen LogP contribution in [0.3, 0.4) is 0 Å². The number of aliphatic hydroxyl groups is 3. The minimum Gasteiger partial charge on any atom is -0.469 e. The Morgan fingerprint density at radius 3 is 2.26 bits per heavy atom. The molecule has 0 heterocycles. The summed E-state index contributed by atoms with van der Waals surface area (Å²) in [6.07, 6.45) is 0.373. The summed E-state index contributed by atoms with van der Waals surface area (Å²) in [4.78, 5) is 25.3. The van der Waals surface area contributed by atoms with Gasteiger partial charge in [-0.05, 0) is 49.9 Å². The van der Waals surface area contributed by atoms with E-state index in [1.165, 1.54) is 7.11 Å². The lowest BCUT2D eigenvalue weighted by molar-refractivity contribution is -0.243. The van der Waals surface area contributed by atoms with Crippen LogP contribution in [-0.2, 0) is 14.3 Å². The summed E-state index contributed by atoms with van der Waals surface area (Å²) < 4.78 is 5.08. The summed E-state index contributed by atoms with van der Waals surface area (Å²) in [5, 5.41) is 33.3. The van der Waals surface area contributed by atoms with E-state index in [9.17, 15) is 24.9 Å².